The summed E-state index contributed by atoms with van der Waals surface area (Å²) in [5.74, 6) is -0.250. The number of allylic oxidation sites excluding steroid dienone is 7. The van der Waals surface area contributed by atoms with E-state index in [0.717, 1.165) is 38.5 Å². The van der Waals surface area contributed by atoms with E-state index in [9.17, 15) is 4.79 Å². The van der Waals surface area contributed by atoms with Gasteiger partial charge in [-0.05, 0) is 59.3 Å². The Morgan fingerprint density at radius 3 is 1.76 bits per heavy atom. The van der Waals surface area contributed by atoms with E-state index >= 15 is 0 Å². The van der Waals surface area contributed by atoms with Gasteiger partial charge in [0, 0.05) is 6.08 Å². The summed E-state index contributed by atoms with van der Waals surface area (Å²) in [4.78, 5) is 11.0. The maximum atomic E-state index is 11.0. The predicted molar refractivity (Wildman–Crippen MR) is 91.2 cm³/mol. The van der Waals surface area contributed by atoms with Gasteiger partial charge in [-0.15, -0.1) is 0 Å². The molecule has 0 saturated heterocycles. The van der Waals surface area contributed by atoms with Crippen LogP contribution in [-0.4, -0.2) is 12.6 Å². The van der Waals surface area contributed by atoms with Crippen LogP contribution in [0.15, 0.2) is 48.1 Å². The van der Waals surface area contributed by atoms with Crippen molar-refractivity contribution in [2.45, 2.75) is 59.3 Å². The number of hydrogen-bond donors (Lipinski definition) is 0. The summed E-state index contributed by atoms with van der Waals surface area (Å²) >= 11 is 0. The fourth-order valence-corrected chi connectivity index (χ4v) is 1.69. The van der Waals surface area contributed by atoms with Crippen LogP contribution in [0.4, 0.5) is 0 Å². The van der Waals surface area contributed by atoms with Crippen molar-refractivity contribution in [2.24, 2.45) is 0 Å². The molecule has 2 nitrogen and oxygen atoms in total. The highest BCUT2D eigenvalue weighted by molar-refractivity contribution is 5.81. The zero-order valence-corrected chi connectivity index (χ0v) is 13.8. The average molecular weight is 290 g/mol. The van der Waals surface area contributed by atoms with Crippen molar-refractivity contribution in [1.82, 2.24) is 0 Å². The average Bonchev–Trinajstić information content (AvgIpc) is 2.44. The van der Waals surface area contributed by atoms with Crippen molar-refractivity contribution in [1.29, 1.82) is 0 Å². The van der Waals surface area contributed by atoms with E-state index in [4.69, 9.17) is 4.74 Å². The van der Waals surface area contributed by atoms with Gasteiger partial charge >= 0.3 is 5.97 Å². The third kappa shape index (κ3) is 16.4. The first-order valence-corrected chi connectivity index (χ1v) is 7.93. The van der Waals surface area contributed by atoms with Crippen molar-refractivity contribution < 1.29 is 9.53 Å². The Labute approximate surface area is 130 Å². The van der Waals surface area contributed by atoms with Crippen LogP contribution in [0, 0.1) is 0 Å². The van der Waals surface area contributed by atoms with Gasteiger partial charge in [-0.1, -0.05) is 42.0 Å². The van der Waals surface area contributed by atoms with Crippen LogP contribution in [0.2, 0.25) is 0 Å². The van der Waals surface area contributed by atoms with E-state index in [0.29, 0.717) is 6.61 Å². The number of carbonyl (C=O) groups is 1. The first-order chi connectivity index (χ1) is 10.2. The van der Waals surface area contributed by atoms with Crippen LogP contribution >= 0.6 is 0 Å². The molecule has 0 N–H and O–H groups in total. The molecule has 0 aliphatic heterocycles. The molecule has 0 aromatic carbocycles. The summed E-state index contributed by atoms with van der Waals surface area (Å²) in [7, 11) is 0. The maximum absolute atomic E-state index is 11.0. The summed E-state index contributed by atoms with van der Waals surface area (Å²) in [6, 6.07) is 0. The quantitative estimate of drug-likeness (QED) is 0.216. The monoisotopic (exact) mass is 290 g/mol. The minimum atomic E-state index is -0.250. The van der Waals surface area contributed by atoms with Crippen molar-refractivity contribution >= 4 is 5.97 Å². The largest absolute Gasteiger partial charge is 0.463 e. The van der Waals surface area contributed by atoms with Crippen molar-refractivity contribution in [3.63, 3.8) is 0 Å². The third-order valence-corrected chi connectivity index (χ3v) is 2.76. The summed E-state index contributed by atoms with van der Waals surface area (Å²) in [5, 5.41) is 0. The molecule has 0 aromatic rings. The Morgan fingerprint density at radius 2 is 1.29 bits per heavy atom. The van der Waals surface area contributed by atoms with Gasteiger partial charge in [0.2, 0.25) is 0 Å². The van der Waals surface area contributed by atoms with Crippen LogP contribution in [0.5, 0.6) is 0 Å². The lowest BCUT2D eigenvalue weighted by Crippen LogP contribution is -1.98. The SMILES string of the molecule is CCOC(=O)/C=C/CC/C=C/CC/C=C/CCC=C(C)C. The molecular formula is C19H30O2. The van der Waals surface area contributed by atoms with Crippen LogP contribution in [0.1, 0.15) is 59.3 Å². The standard InChI is InChI=1S/C19H30O2/c1-4-21-19(20)17-15-13-11-9-7-5-6-8-10-12-14-16-18(2)3/h7-10,15-17H,4-6,11-14H2,1-3H3/b9-7+,10-8+,17-15+. The third-order valence-electron chi connectivity index (χ3n) is 2.76. The molecule has 0 spiro atoms. The van der Waals surface area contributed by atoms with E-state index in [-0.39, 0.29) is 5.97 Å². The molecule has 2 heteroatoms. The number of hydrogen-bond acceptors (Lipinski definition) is 2. The van der Waals surface area contributed by atoms with Crippen LogP contribution in [0.3, 0.4) is 0 Å². The minimum absolute atomic E-state index is 0.250. The highest BCUT2D eigenvalue weighted by Crippen LogP contribution is 2.01. The van der Waals surface area contributed by atoms with Gasteiger partial charge < -0.3 is 4.74 Å². The second-order valence-electron chi connectivity index (χ2n) is 5.11. The molecule has 0 aliphatic rings. The van der Waals surface area contributed by atoms with E-state index in [1.807, 2.05) is 13.0 Å². The number of ether oxygens (including phenoxy) is 1. The normalized spacial score (nSPS) is 11.6. The first-order valence-electron chi connectivity index (χ1n) is 7.93. The smallest absolute Gasteiger partial charge is 0.330 e. The molecule has 0 aromatic heterocycles. The Balaban J connectivity index is 3.46. The van der Waals surface area contributed by atoms with Gasteiger partial charge in [-0.3, -0.25) is 0 Å². The lowest BCUT2D eigenvalue weighted by Gasteiger charge is -1.93. The zero-order chi connectivity index (χ0) is 15.8. The Hall–Kier alpha value is -1.57. The maximum Gasteiger partial charge on any atom is 0.330 e. The highest BCUT2D eigenvalue weighted by Gasteiger charge is 1.90. The lowest BCUT2D eigenvalue weighted by atomic mass is 10.2. The Morgan fingerprint density at radius 1 is 0.810 bits per heavy atom. The van der Waals surface area contributed by atoms with Crippen LogP contribution < -0.4 is 0 Å². The zero-order valence-electron chi connectivity index (χ0n) is 13.8. The van der Waals surface area contributed by atoms with E-state index in [1.54, 1.807) is 0 Å². The summed E-state index contributed by atoms with van der Waals surface area (Å²) in [6.07, 6.45) is 20.9. The number of esters is 1. The van der Waals surface area contributed by atoms with Gasteiger partial charge in [0.1, 0.15) is 0 Å². The topological polar surface area (TPSA) is 26.3 Å². The molecule has 0 amide bonds. The molecule has 0 saturated carbocycles. The molecular weight excluding hydrogens is 260 g/mol. The molecule has 0 atom stereocenters. The van der Waals surface area contributed by atoms with Gasteiger partial charge in [-0.25, -0.2) is 4.79 Å². The summed E-state index contributed by atoms with van der Waals surface area (Å²) in [5.41, 5.74) is 1.39. The molecule has 0 radical (unpaired) electrons. The van der Waals surface area contributed by atoms with Crippen molar-refractivity contribution in [3.05, 3.63) is 48.1 Å². The predicted octanol–water partition coefficient (Wildman–Crippen LogP) is 5.52. The number of carbonyl (C=O) groups excluding carboxylic acids is 1. The van der Waals surface area contributed by atoms with Crippen molar-refractivity contribution in [2.75, 3.05) is 6.61 Å². The van der Waals surface area contributed by atoms with Crippen LogP contribution in [0.25, 0.3) is 0 Å². The lowest BCUT2D eigenvalue weighted by molar-refractivity contribution is -0.137. The van der Waals surface area contributed by atoms with E-state index < -0.39 is 0 Å². The Bertz CT molecular complexity index is 369. The molecule has 0 bridgehead atoms. The Kier molecular flexibility index (Phi) is 13.7. The summed E-state index contributed by atoms with van der Waals surface area (Å²) < 4.78 is 4.80. The molecule has 0 heterocycles. The minimum Gasteiger partial charge on any atom is -0.463 e. The van der Waals surface area contributed by atoms with Gasteiger partial charge in [0.05, 0.1) is 6.61 Å². The van der Waals surface area contributed by atoms with Crippen LogP contribution in [-0.2, 0) is 9.53 Å². The highest BCUT2D eigenvalue weighted by atomic mass is 16.5. The van der Waals surface area contributed by atoms with Gasteiger partial charge in [0.15, 0.2) is 0 Å². The summed E-state index contributed by atoms with van der Waals surface area (Å²) in [6.45, 7) is 6.52. The molecule has 0 aliphatic carbocycles. The van der Waals surface area contributed by atoms with E-state index in [2.05, 4.69) is 44.2 Å². The van der Waals surface area contributed by atoms with Gasteiger partial charge in [0.25, 0.3) is 0 Å². The van der Waals surface area contributed by atoms with Crippen molar-refractivity contribution in [3.8, 4) is 0 Å². The number of rotatable bonds is 11. The fourth-order valence-electron chi connectivity index (χ4n) is 1.69. The first kappa shape index (κ1) is 19.4. The molecule has 21 heavy (non-hydrogen) atoms. The number of unbranched alkanes of at least 4 members (excludes halogenated alkanes) is 3. The second kappa shape index (κ2) is 14.8. The molecule has 0 rings (SSSR count). The second-order valence-corrected chi connectivity index (χ2v) is 5.11. The molecule has 0 unspecified atom stereocenters. The van der Waals surface area contributed by atoms with Gasteiger partial charge in [-0.2, -0.15) is 0 Å². The fraction of sp³-hybridized carbons (Fsp3) is 0.526. The molecule has 0 fully saturated rings. The molecule has 118 valence electrons. The van der Waals surface area contributed by atoms with E-state index in [1.165, 1.54) is 11.6 Å².